The number of hydrogen-bond acceptors (Lipinski definition) is 10. The van der Waals surface area contributed by atoms with Crippen molar-refractivity contribution < 1.29 is 0 Å². The molecule has 0 aliphatic heterocycles. The number of hydrogen-bond donors (Lipinski definition) is 1. The first-order valence-corrected chi connectivity index (χ1v) is 7.14. The van der Waals surface area contributed by atoms with E-state index in [4.69, 9.17) is 0 Å². The normalized spacial score (nSPS) is 10.7. The molecule has 0 bridgehead atoms. The average Bonchev–Trinajstić information content (AvgIpc) is 3.10. The molecule has 0 aromatic carbocycles. The second-order valence-corrected chi connectivity index (χ2v) is 5.92. The van der Waals surface area contributed by atoms with E-state index in [1.165, 1.54) is 40.4 Å². The van der Waals surface area contributed by atoms with Crippen LogP contribution in [-0.2, 0) is 0 Å². The van der Waals surface area contributed by atoms with Crippen molar-refractivity contribution in [2.24, 2.45) is 0 Å². The molecule has 1 N–H and O–H groups in total. The third-order valence-electron chi connectivity index (χ3n) is 2.14. The van der Waals surface area contributed by atoms with Gasteiger partial charge in [-0.25, -0.2) is 4.98 Å². The van der Waals surface area contributed by atoms with Crippen LogP contribution >= 0.6 is 23.1 Å². The summed E-state index contributed by atoms with van der Waals surface area (Å²) < 4.78 is 2.25. The summed E-state index contributed by atoms with van der Waals surface area (Å²) in [4.78, 5) is 16.7. The Morgan fingerprint density at radius 3 is 2.80 bits per heavy atom. The van der Waals surface area contributed by atoms with Crippen LogP contribution in [0.1, 0.15) is 5.01 Å². The second-order valence-electron chi connectivity index (χ2n) is 3.52. The van der Waals surface area contributed by atoms with E-state index in [1.54, 1.807) is 7.05 Å². The molecule has 0 unspecified atom stereocenters. The maximum atomic E-state index is 4.33. The summed E-state index contributed by atoms with van der Waals surface area (Å²) in [6.45, 7) is 1.90. The van der Waals surface area contributed by atoms with E-state index < -0.39 is 0 Å². The fourth-order valence-corrected chi connectivity index (χ4v) is 2.98. The van der Waals surface area contributed by atoms with Gasteiger partial charge >= 0.3 is 0 Å². The van der Waals surface area contributed by atoms with Gasteiger partial charge in [0.2, 0.25) is 11.1 Å². The van der Waals surface area contributed by atoms with Gasteiger partial charge in [0.05, 0.1) is 0 Å². The molecule has 0 amide bonds. The molecule has 0 saturated carbocycles. The van der Waals surface area contributed by atoms with Crippen molar-refractivity contribution in [2.75, 3.05) is 12.4 Å². The molecule has 0 spiro atoms. The van der Waals surface area contributed by atoms with Crippen LogP contribution in [0.25, 0.3) is 5.95 Å². The Morgan fingerprint density at radius 1 is 1.25 bits per heavy atom. The molecule has 0 saturated heterocycles. The van der Waals surface area contributed by atoms with E-state index in [2.05, 4.69) is 40.5 Å². The standard InChI is InChI=1S/C9H9N9S2/c1-5-16-17-9(19-5)20-8-14-6(10-2)13-7(15-8)18-4-11-3-12-18/h3-4H,1-2H3,(H,10,13,14,15). The zero-order valence-corrected chi connectivity index (χ0v) is 12.2. The highest BCUT2D eigenvalue weighted by molar-refractivity contribution is 8.00. The molecule has 102 valence electrons. The molecule has 0 aliphatic rings. The quantitative estimate of drug-likeness (QED) is 0.748. The van der Waals surface area contributed by atoms with Gasteiger partial charge in [-0.2, -0.15) is 24.7 Å². The van der Waals surface area contributed by atoms with Gasteiger partial charge in [0, 0.05) is 7.05 Å². The summed E-state index contributed by atoms with van der Waals surface area (Å²) >= 11 is 2.82. The summed E-state index contributed by atoms with van der Waals surface area (Å²) in [5.74, 6) is 0.847. The van der Waals surface area contributed by atoms with Crippen LogP contribution in [0.4, 0.5) is 5.95 Å². The Balaban J connectivity index is 1.96. The highest BCUT2D eigenvalue weighted by Gasteiger charge is 2.11. The predicted molar refractivity (Wildman–Crippen MR) is 73.1 cm³/mol. The number of anilines is 1. The Labute approximate surface area is 121 Å². The number of nitrogens with zero attached hydrogens (tertiary/aromatic N) is 8. The SMILES string of the molecule is CNc1nc(Sc2nnc(C)s2)nc(-n2cncn2)n1. The summed E-state index contributed by atoms with van der Waals surface area (Å²) in [7, 11) is 1.74. The second kappa shape index (κ2) is 5.46. The third kappa shape index (κ3) is 2.72. The minimum absolute atomic E-state index is 0.394. The highest BCUT2D eigenvalue weighted by atomic mass is 32.2. The first-order chi connectivity index (χ1) is 9.74. The fourth-order valence-electron chi connectivity index (χ4n) is 1.32. The van der Waals surface area contributed by atoms with Crippen molar-refractivity contribution in [2.45, 2.75) is 16.4 Å². The predicted octanol–water partition coefficient (Wildman–Crippen LogP) is 0.805. The van der Waals surface area contributed by atoms with E-state index in [0.717, 1.165) is 9.35 Å². The monoisotopic (exact) mass is 307 g/mol. The molecule has 0 aliphatic carbocycles. The van der Waals surface area contributed by atoms with E-state index in [1.807, 2.05) is 6.92 Å². The van der Waals surface area contributed by atoms with E-state index >= 15 is 0 Å². The Kier molecular flexibility index (Phi) is 3.52. The van der Waals surface area contributed by atoms with Gasteiger partial charge in [0.25, 0.3) is 5.95 Å². The van der Waals surface area contributed by atoms with Gasteiger partial charge in [0.1, 0.15) is 17.7 Å². The van der Waals surface area contributed by atoms with Crippen molar-refractivity contribution >= 4 is 29.0 Å². The third-order valence-corrected chi connectivity index (χ3v) is 3.89. The Hall–Kier alpha value is -2.14. The Morgan fingerprint density at radius 2 is 2.15 bits per heavy atom. The number of aryl methyl sites for hydroxylation is 1. The molecule has 11 heteroatoms. The molecule has 0 fully saturated rings. The van der Waals surface area contributed by atoms with Gasteiger partial charge in [-0.3, -0.25) is 0 Å². The molecule has 0 atom stereocenters. The Bertz CT molecular complexity index is 708. The largest absolute Gasteiger partial charge is 0.357 e. The van der Waals surface area contributed by atoms with Crippen LogP contribution in [0.3, 0.4) is 0 Å². The van der Waals surface area contributed by atoms with Crippen molar-refractivity contribution in [3.63, 3.8) is 0 Å². The fraction of sp³-hybridized carbons (Fsp3) is 0.222. The lowest BCUT2D eigenvalue weighted by atomic mass is 10.8. The highest BCUT2D eigenvalue weighted by Crippen LogP contribution is 2.27. The zero-order valence-electron chi connectivity index (χ0n) is 10.5. The summed E-state index contributed by atoms with van der Waals surface area (Å²) in [5.41, 5.74) is 0. The van der Waals surface area contributed by atoms with Crippen LogP contribution in [0, 0.1) is 6.92 Å². The van der Waals surface area contributed by atoms with E-state index in [9.17, 15) is 0 Å². The number of nitrogens with one attached hydrogen (secondary N) is 1. The van der Waals surface area contributed by atoms with E-state index in [-0.39, 0.29) is 0 Å². The number of rotatable bonds is 4. The van der Waals surface area contributed by atoms with Crippen LogP contribution in [-0.4, -0.2) is 47.0 Å². The van der Waals surface area contributed by atoms with Crippen molar-refractivity contribution in [1.29, 1.82) is 0 Å². The molecule has 3 rings (SSSR count). The van der Waals surface area contributed by atoms with Crippen molar-refractivity contribution in [1.82, 2.24) is 39.9 Å². The summed E-state index contributed by atoms with van der Waals surface area (Å²) in [5, 5.41) is 16.3. The van der Waals surface area contributed by atoms with Crippen LogP contribution in [0.5, 0.6) is 0 Å². The maximum Gasteiger partial charge on any atom is 0.257 e. The smallest absolute Gasteiger partial charge is 0.257 e. The zero-order chi connectivity index (χ0) is 13.9. The molecular formula is C9H9N9S2. The lowest BCUT2D eigenvalue weighted by molar-refractivity contribution is 0.760. The molecule has 20 heavy (non-hydrogen) atoms. The molecule has 0 radical (unpaired) electrons. The van der Waals surface area contributed by atoms with Gasteiger partial charge < -0.3 is 5.32 Å². The van der Waals surface area contributed by atoms with Crippen LogP contribution < -0.4 is 5.32 Å². The maximum absolute atomic E-state index is 4.33. The molecule has 3 heterocycles. The van der Waals surface area contributed by atoms with E-state index in [0.29, 0.717) is 17.1 Å². The lowest BCUT2D eigenvalue weighted by Crippen LogP contribution is -2.07. The van der Waals surface area contributed by atoms with Crippen LogP contribution in [0.2, 0.25) is 0 Å². The minimum atomic E-state index is 0.394. The summed E-state index contributed by atoms with van der Waals surface area (Å²) in [6, 6.07) is 0. The van der Waals surface area contributed by atoms with Crippen molar-refractivity contribution in [3.8, 4) is 5.95 Å². The minimum Gasteiger partial charge on any atom is -0.357 e. The first kappa shape index (κ1) is 12.9. The van der Waals surface area contributed by atoms with Gasteiger partial charge in [-0.05, 0) is 18.7 Å². The molecule has 3 aromatic rings. The lowest BCUT2D eigenvalue weighted by Gasteiger charge is -2.04. The van der Waals surface area contributed by atoms with Gasteiger partial charge in [0.15, 0.2) is 4.34 Å². The summed E-state index contributed by atoms with van der Waals surface area (Å²) in [6.07, 6.45) is 2.95. The molecule has 9 nitrogen and oxygen atoms in total. The van der Waals surface area contributed by atoms with Gasteiger partial charge in [-0.1, -0.05) is 11.3 Å². The molecule has 3 aromatic heterocycles. The first-order valence-electron chi connectivity index (χ1n) is 5.51. The molecular weight excluding hydrogens is 298 g/mol. The number of aromatic nitrogens is 8. The average molecular weight is 307 g/mol. The van der Waals surface area contributed by atoms with Crippen LogP contribution in [0.15, 0.2) is 22.2 Å². The topological polar surface area (TPSA) is 107 Å². The van der Waals surface area contributed by atoms with Crippen molar-refractivity contribution in [3.05, 3.63) is 17.7 Å². The van der Waals surface area contributed by atoms with Gasteiger partial charge in [-0.15, -0.1) is 10.2 Å².